The monoisotopic (exact) mass is 347 g/mol. The van der Waals surface area contributed by atoms with Gasteiger partial charge < -0.3 is 4.74 Å². The van der Waals surface area contributed by atoms with E-state index < -0.39 is 10.2 Å². The Morgan fingerprint density at radius 3 is 2.86 bits per heavy atom. The summed E-state index contributed by atoms with van der Waals surface area (Å²) in [6.07, 6.45) is 4.57. The summed E-state index contributed by atoms with van der Waals surface area (Å²) in [6.45, 7) is 1.47. The van der Waals surface area contributed by atoms with Crippen molar-refractivity contribution in [2.45, 2.75) is 43.4 Å². The Hall–Kier alpha value is -0.330. The molecule has 2 rings (SSSR count). The van der Waals surface area contributed by atoms with Gasteiger partial charge in [0.15, 0.2) is 0 Å². The highest BCUT2D eigenvalue weighted by Crippen LogP contribution is 2.37. The van der Waals surface area contributed by atoms with Gasteiger partial charge >= 0.3 is 0 Å². The molecule has 2 unspecified atom stereocenters. The second kappa shape index (κ2) is 8.50. The van der Waals surface area contributed by atoms with Crippen LogP contribution in [0.25, 0.3) is 0 Å². The number of fused-ring (bicyclic) bond motifs is 1. The normalized spacial score (nSPS) is 26.6. The molecule has 1 saturated heterocycles. The molecule has 8 heteroatoms. The maximum absolute atomic E-state index is 13.0. The van der Waals surface area contributed by atoms with Gasteiger partial charge in [-0.3, -0.25) is 0 Å². The fourth-order valence-corrected chi connectivity index (χ4v) is 6.68. The average molecular weight is 348 g/mol. The summed E-state index contributed by atoms with van der Waals surface area (Å²) < 4.78 is 34.2. The molecule has 0 aromatic carbocycles. The molecule has 2 aliphatic rings. The first-order valence-electron chi connectivity index (χ1n) is 7.85. The average Bonchev–Trinajstić information content (AvgIpc) is 2.54. The van der Waals surface area contributed by atoms with Crippen LogP contribution >= 0.6 is 11.8 Å². The molecule has 2 fully saturated rings. The van der Waals surface area contributed by atoms with Gasteiger partial charge in [0.05, 0.1) is 12.7 Å². The first-order valence-corrected chi connectivity index (χ1v) is 10.3. The minimum Gasteiger partial charge on any atom is -0.383 e. The van der Waals surface area contributed by atoms with Crippen molar-refractivity contribution in [3.8, 4) is 6.07 Å². The van der Waals surface area contributed by atoms with Crippen LogP contribution in [0.2, 0.25) is 0 Å². The van der Waals surface area contributed by atoms with Crippen LogP contribution < -0.4 is 0 Å². The van der Waals surface area contributed by atoms with Crippen molar-refractivity contribution >= 4 is 22.0 Å². The van der Waals surface area contributed by atoms with E-state index in [-0.39, 0.29) is 19.0 Å². The van der Waals surface area contributed by atoms with E-state index in [4.69, 9.17) is 10.00 Å². The molecule has 1 heterocycles. The van der Waals surface area contributed by atoms with Crippen molar-refractivity contribution < 1.29 is 13.2 Å². The van der Waals surface area contributed by atoms with E-state index in [0.29, 0.717) is 24.9 Å². The highest BCUT2D eigenvalue weighted by molar-refractivity contribution is 8.00. The lowest BCUT2D eigenvalue weighted by molar-refractivity contribution is 0.172. The lowest BCUT2D eigenvalue weighted by atomic mass is 9.95. The lowest BCUT2D eigenvalue weighted by Gasteiger charge is -2.44. The first kappa shape index (κ1) is 18.0. The summed E-state index contributed by atoms with van der Waals surface area (Å²) in [5.74, 6) is 0.858. The number of hydrogen-bond donors (Lipinski definition) is 0. The summed E-state index contributed by atoms with van der Waals surface area (Å²) in [7, 11) is -1.96. The number of hydrogen-bond acceptors (Lipinski definition) is 5. The predicted molar refractivity (Wildman–Crippen MR) is 87.8 cm³/mol. The molecule has 0 amide bonds. The van der Waals surface area contributed by atoms with Crippen molar-refractivity contribution in [2.24, 2.45) is 0 Å². The van der Waals surface area contributed by atoms with Gasteiger partial charge in [0.2, 0.25) is 0 Å². The minimum atomic E-state index is -3.52. The summed E-state index contributed by atoms with van der Waals surface area (Å²) >= 11 is 1.91. The Kier molecular flexibility index (Phi) is 6.96. The zero-order valence-corrected chi connectivity index (χ0v) is 14.7. The van der Waals surface area contributed by atoms with Crippen LogP contribution in [0.4, 0.5) is 0 Å². The SMILES string of the molecule is COCCN(CCC#N)S(=O)(=O)N1CCSC2CCCCC21. The molecular weight excluding hydrogens is 322 g/mol. The van der Waals surface area contributed by atoms with Crippen molar-refractivity contribution in [1.82, 2.24) is 8.61 Å². The highest BCUT2D eigenvalue weighted by Gasteiger charge is 2.42. The number of nitriles is 1. The third-order valence-corrected chi connectivity index (χ3v) is 7.78. The molecule has 0 N–H and O–H groups in total. The summed E-state index contributed by atoms with van der Waals surface area (Å²) in [6, 6.07) is 2.15. The van der Waals surface area contributed by atoms with Gasteiger partial charge in [0, 0.05) is 50.2 Å². The molecule has 0 spiro atoms. The molecular formula is C14H25N3O3S2. The second-order valence-electron chi connectivity index (χ2n) is 5.68. The zero-order valence-electron chi connectivity index (χ0n) is 13.1. The van der Waals surface area contributed by atoms with Crippen LogP contribution in [-0.4, -0.2) is 67.4 Å². The van der Waals surface area contributed by atoms with E-state index in [9.17, 15) is 8.42 Å². The lowest BCUT2D eigenvalue weighted by Crippen LogP contribution is -2.56. The minimum absolute atomic E-state index is 0.115. The Morgan fingerprint density at radius 1 is 1.36 bits per heavy atom. The molecule has 0 aromatic heterocycles. The van der Waals surface area contributed by atoms with E-state index >= 15 is 0 Å². The Bertz CT molecular complexity index is 490. The zero-order chi connectivity index (χ0) is 16.0. The van der Waals surface area contributed by atoms with Crippen LogP contribution in [0, 0.1) is 11.3 Å². The van der Waals surface area contributed by atoms with E-state index in [1.54, 1.807) is 11.4 Å². The molecule has 2 atom stereocenters. The molecule has 1 aliphatic heterocycles. The van der Waals surface area contributed by atoms with Gasteiger partial charge in [0.1, 0.15) is 0 Å². The van der Waals surface area contributed by atoms with Crippen molar-refractivity contribution in [2.75, 3.05) is 39.1 Å². The largest absolute Gasteiger partial charge is 0.383 e. The van der Waals surface area contributed by atoms with Crippen molar-refractivity contribution in [1.29, 1.82) is 5.26 Å². The molecule has 0 aromatic rings. The Morgan fingerprint density at radius 2 is 2.14 bits per heavy atom. The maximum Gasteiger partial charge on any atom is 0.282 e. The number of thioether (sulfide) groups is 1. The molecule has 22 heavy (non-hydrogen) atoms. The topological polar surface area (TPSA) is 73.6 Å². The van der Waals surface area contributed by atoms with Crippen LogP contribution in [0.1, 0.15) is 32.1 Å². The highest BCUT2D eigenvalue weighted by atomic mass is 32.2. The molecule has 6 nitrogen and oxygen atoms in total. The Balaban J connectivity index is 2.15. The van der Waals surface area contributed by atoms with Gasteiger partial charge in [-0.15, -0.1) is 0 Å². The molecule has 1 aliphatic carbocycles. The molecule has 126 valence electrons. The third-order valence-electron chi connectivity index (χ3n) is 4.32. The van der Waals surface area contributed by atoms with E-state index in [1.165, 1.54) is 10.7 Å². The van der Waals surface area contributed by atoms with E-state index in [0.717, 1.165) is 25.0 Å². The van der Waals surface area contributed by atoms with Crippen LogP contribution in [0.3, 0.4) is 0 Å². The quantitative estimate of drug-likeness (QED) is 0.697. The van der Waals surface area contributed by atoms with Crippen molar-refractivity contribution in [3.63, 3.8) is 0 Å². The standard InChI is InChI=1S/C14H25N3O3S2/c1-20-11-9-16(8-4-7-15)22(18,19)17-10-12-21-14-6-3-2-5-13(14)17/h13-14H,2-6,8-12H2,1H3. The van der Waals surface area contributed by atoms with Gasteiger partial charge in [-0.2, -0.15) is 34.1 Å². The van der Waals surface area contributed by atoms with Crippen LogP contribution in [0.15, 0.2) is 0 Å². The predicted octanol–water partition coefficient (Wildman–Crippen LogP) is 1.45. The van der Waals surface area contributed by atoms with Gasteiger partial charge in [-0.25, -0.2) is 0 Å². The summed E-state index contributed by atoms with van der Waals surface area (Å²) in [4.78, 5) is 0. The number of methoxy groups -OCH3 is 1. The number of rotatable bonds is 7. The van der Waals surface area contributed by atoms with E-state index in [2.05, 4.69) is 0 Å². The third kappa shape index (κ3) is 4.15. The van der Waals surface area contributed by atoms with Crippen LogP contribution in [0.5, 0.6) is 0 Å². The van der Waals surface area contributed by atoms with E-state index in [1.807, 2.05) is 17.8 Å². The Labute approximate surface area is 138 Å². The summed E-state index contributed by atoms with van der Waals surface area (Å²) in [5, 5.41) is 9.21. The summed E-state index contributed by atoms with van der Waals surface area (Å²) in [5.41, 5.74) is 0. The molecule has 0 bridgehead atoms. The maximum atomic E-state index is 13.0. The van der Waals surface area contributed by atoms with Gasteiger partial charge in [-0.05, 0) is 12.8 Å². The molecule has 1 saturated carbocycles. The van der Waals surface area contributed by atoms with Gasteiger partial charge in [-0.1, -0.05) is 12.8 Å². The number of nitrogens with zero attached hydrogens (tertiary/aromatic N) is 3. The number of ether oxygens (including phenoxy) is 1. The fraction of sp³-hybridized carbons (Fsp3) is 0.929. The first-order chi connectivity index (χ1) is 10.6. The smallest absolute Gasteiger partial charge is 0.282 e. The van der Waals surface area contributed by atoms with Gasteiger partial charge in [0.25, 0.3) is 10.2 Å². The second-order valence-corrected chi connectivity index (χ2v) is 8.91. The van der Waals surface area contributed by atoms with Crippen molar-refractivity contribution in [3.05, 3.63) is 0 Å². The van der Waals surface area contributed by atoms with Crippen LogP contribution in [-0.2, 0) is 14.9 Å². The fourth-order valence-electron chi connectivity index (χ4n) is 3.21. The molecule has 0 radical (unpaired) electrons.